The summed E-state index contributed by atoms with van der Waals surface area (Å²) < 4.78 is 75.8. The van der Waals surface area contributed by atoms with Crippen molar-refractivity contribution in [1.29, 1.82) is 0 Å². The van der Waals surface area contributed by atoms with Gasteiger partial charge in [-0.3, -0.25) is 5.32 Å². The highest BCUT2D eigenvalue weighted by Crippen LogP contribution is 2.34. The largest absolute Gasteiger partial charge is 0.575 e. The lowest BCUT2D eigenvalue weighted by Gasteiger charge is -2.08. The summed E-state index contributed by atoms with van der Waals surface area (Å²) in [5, 5.41) is 4.11. The van der Waals surface area contributed by atoms with Crippen LogP contribution in [0.15, 0.2) is 23.1 Å². The van der Waals surface area contributed by atoms with E-state index in [1.807, 2.05) is 5.32 Å². The lowest BCUT2D eigenvalue weighted by molar-refractivity contribution is -0.305. The number of aryl methyl sites for hydroxylation is 1. The number of thiazole rings is 1. The number of amides is 2. The summed E-state index contributed by atoms with van der Waals surface area (Å²) in [6, 6.07) is 2.43. The molecule has 0 unspecified atom stereocenters. The predicted octanol–water partition coefficient (Wildman–Crippen LogP) is 2.85. The van der Waals surface area contributed by atoms with E-state index >= 15 is 0 Å². The van der Waals surface area contributed by atoms with Gasteiger partial charge in [0.2, 0.25) is 0 Å². The van der Waals surface area contributed by atoms with Crippen LogP contribution in [0, 0.1) is 12.7 Å². The lowest BCUT2D eigenvalue weighted by atomic mass is 10.1. The number of hydrogen-bond donors (Lipinski definition) is 2. The molecule has 0 radical (unpaired) electrons. The van der Waals surface area contributed by atoms with Crippen molar-refractivity contribution < 1.29 is 40.3 Å². The number of nitrogens with zero attached hydrogens (tertiary/aromatic N) is 1. The first kappa shape index (κ1) is 22.5. The molecule has 0 saturated carbocycles. The van der Waals surface area contributed by atoms with Crippen LogP contribution in [0.2, 0.25) is 0 Å². The second-order valence-electron chi connectivity index (χ2n) is 5.58. The van der Waals surface area contributed by atoms with Crippen molar-refractivity contribution in [3.8, 4) is 10.4 Å². The van der Waals surface area contributed by atoms with Crippen LogP contribution < -0.4 is 10.6 Å². The summed E-state index contributed by atoms with van der Waals surface area (Å²) >= 11 is 0.914. The molecule has 8 nitrogen and oxygen atoms in total. The standard InChI is InChI=1S/C15H13F4N3O5S2/c1-7-12(8-3-4-9(16)10(5-8)29(2,25)26)28-14(21-7)22-13(24)20-6-11(23)27-15(17,18)19/h3-5H,6H2,1-2H3,(H2,20,21,22,24). The molecule has 0 aliphatic rings. The Morgan fingerprint density at radius 2 is 1.93 bits per heavy atom. The Morgan fingerprint density at radius 3 is 2.52 bits per heavy atom. The number of carbonyl (C=O) groups excluding carboxylic acids is 2. The fourth-order valence-electron chi connectivity index (χ4n) is 2.11. The van der Waals surface area contributed by atoms with Crippen LogP contribution in [0.5, 0.6) is 0 Å². The fraction of sp³-hybridized carbons (Fsp3) is 0.267. The minimum Gasteiger partial charge on any atom is -0.372 e. The van der Waals surface area contributed by atoms with Crippen LogP contribution in [0.3, 0.4) is 0 Å². The summed E-state index contributed by atoms with van der Waals surface area (Å²) in [7, 11) is -3.81. The molecule has 0 spiro atoms. The molecule has 158 valence electrons. The Bertz CT molecular complexity index is 1050. The maximum atomic E-state index is 13.7. The molecule has 14 heteroatoms. The highest BCUT2D eigenvalue weighted by atomic mass is 32.2. The minimum absolute atomic E-state index is 0.0180. The number of nitrogens with one attached hydrogen (secondary N) is 2. The quantitative estimate of drug-likeness (QED) is 0.529. The molecule has 0 fully saturated rings. The van der Waals surface area contributed by atoms with E-state index in [2.05, 4.69) is 15.0 Å². The number of hydrogen-bond acceptors (Lipinski definition) is 7. The summed E-state index contributed by atoms with van der Waals surface area (Å²) in [4.78, 5) is 26.6. The maximum Gasteiger partial charge on any atom is 0.575 e. The van der Waals surface area contributed by atoms with Crippen LogP contribution in [0.25, 0.3) is 10.4 Å². The zero-order valence-electron chi connectivity index (χ0n) is 14.8. The van der Waals surface area contributed by atoms with E-state index in [1.54, 1.807) is 6.92 Å². The molecular weight excluding hydrogens is 442 g/mol. The van der Waals surface area contributed by atoms with E-state index in [4.69, 9.17) is 0 Å². The number of ether oxygens (including phenoxy) is 1. The molecule has 1 aromatic carbocycles. The van der Waals surface area contributed by atoms with Gasteiger partial charge in [0.05, 0.1) is 10.6 Å². The highest BCUT2D eigenvalue weighted by Gasteiger charge is 2.33. The van der Waals surface area contributed by atoms with Gasteiger partial charge in [0.1, 0.15) is 17.3 Å². The number of aromatic nitrogens is 1. The first-order valence-electron chi connectivity index (χ1n) is 7.57. The molecular formula is C15H13F4N3O5S2. The van der Waals surface area contributed by atoms with Gasteiger partial charge in [-0.1, -0.05) is 17.4 Å². The lowest BCUT2D eigenvalue weighted by Crippen LogP contribution is -2.35. The Morgan fingerprint density at radius 1 is 1.28 bits per heavy atom. The van der Waals surface area contributed by atoms with Crippen molar-refractivity contribution in [2.45, 2.75) is 18.2 Å². The Labute approximate surface area is 165 Å². The van der Waals surface area contributed by atoms with Gasteiger partial charge in [-0.2, -0.15) is 0 Å². The summed E-state index contributed by atoms with van der Waals surface area (Å²) in [5.74, 6) is -2.62. The van der Waals surface area contributed by atoms with E-state index in [0.717, 1.165) is 29.7 Å². The number of benzene rings is 1. The Balaban J connectivity index is 2.11. The fourth-order valence-corrected chi connectivity index (χ4v) is 3.83. The van der Waals surface area contributed by atoms with Crippen LogP contribution in [-0.4, -0.2) is 44.6 Å². The van der Waals surface area contributed by atoms with Gasteiger partial charge in [-0.05, 0) is 24.6 Å². The third-order valence-electron chi connectivity index (χ3n) is 3.23. The van der Waals surface area contributed by atoms with Crippen molar-refractivity contribution in [3.63, 3.8) is 0 Å². The SMILES string of the molecule is Cc1nc(NC(=O)NCC(=O)OC(F)(F)F)sc1-c1ccc(F)c(S(C)(=O)=O)c1. The molecule has 0 aliphatic heterocycles. The van der Waals surface area contributed by atoms with Gasteiger partial charge >= 0.3 is 18.4 Å². The second-order valence-corrected chi connectivity index (χ2v) is 8.56. The number of alkyl halides is 3. The number of esters is 1. The summed E-state index contributed by atoms with van der Waals surface area (Å²) in [6.45, 7) is 0.525. The Kier molecular flexibility index (Phi) is 6.47. The zero-order chi connectivity index (χ0) is 22.0. The van der Waals surface area contributed by atoms with E-state index in [0.29, 0.717) is 16.1 Å². The number of anilines is 1. The maximum absolute atomic E-state index is 13.7. The number of carbonyl (C=O) groups is 2. The molecule has 1 heterocycles. The molecule has 0 aliphatic carbocycles. The van der Waals surface area contributed by atoms with Gasteiger partial charge in [0.25, 0.3) is 0 Å². The van der Waals surface area contributed by atoms with Crippen LogP contribution in [0.1, 0.15) is 5.69 Å². The molecule has 2 rings (SSSR count). The van der Waals surface area contributed by atoms with E-state index < -0.39 is 45.5 Å². The minimum atomic E-state index is -5.16. The molecule has 1 aromatic heterocycles. The molecule has 2 aromatic rings. The van der Waals surface area contributed by atoms with Crippen molar-refractivity contribution >= 4 is 38.3 Å². The summed E-state index contributed by atoms with van der Waals surface area (Å²) in [5.41, 5.74) is 0.719. The van der Waals surface area contributed by atoms with Crippen molar-refractivity contribution in [3.05, 3.63) is 29.7 Å². The van der Waals surface area contributed by atoms with Gasteiger partial charge in [0, 0.05) is 6.26 Å². The molecule has 0 bridgehead atoms. The second kappa shape index (κ2) is 8.32. The molecule has 0 saturated heterocycles. The van der Waals surface area contributed by atoms with Crippen molar-refractivity contribution in [2.75, 3.05) is 18.1 Å². The van der Waals surface area contributed by atoms with Gasteiger partial charge in [-0.25, -0.2) is 27.4 Å². The van der Waals surface area contributed by atoms with E-state index in [-0.39, 0.29) is 5.13 Å². The molecule has 2 N–H and O–H groups in total. The van der Waals surface area contributed by atoms with Crippen molar-refractivity contribution in [1.82, 2.24) is 10.3 Å². The Hall–Kier alpha value is -2.74. The first-order chi connectivity index (χ1) is 13.3. The van der Waals surface area contributed by atoms with Gasteiger partial charge < -0.3 is 10.1 Å². The highest BCUT2D eigenvalue weighted by molar-refractivity contribution is 7.90. The van der Waals surface area contributed by atoms with Crippen LogP contribution >= 0.6 is 11.3 Å². The normalized spacial score (nSPS) is 11.8. The number of rotatable bonds is 5. The molecule has 29 heavy (non-hydrogen) atoms. The van der Waals surface area contributed by atoms with E-state index in [9.17, 15) is 35.6 Å². The first-order valence-corrected chi connectivity index (χ1v) is 10.3. The van der Waals surface area contributed by atoms with Gasteiger partial charge in [-0.15, -0.1) is 13.2 Å². The topological polar surface area (TPSA) is 114 Å². The molecule has 0 atom stereocenters. The smallest absolute Gasteiger partial charge is 0.372 e. The average molecular weight is 455 g/mol. The van der Waals surface area contributed by atoms with Crippen LogP contribution in [0.4, 0.5) is 27.5 Å². The summed E-state index contributed by atoms with van der Waals surface area (Å²) in [6.07, 6.45) is -4.30. The average Bonchev–Trinajstić information content (AvgIpc) is 2.91. The number of sulfone groups is 1. The van der Waals surface area contributed by atoms with E-state index in [1.165, 1.54) is 6.07 Å². The third kappa shape index (κ3) is 6.39. The van der Waals surface area contributed by atoms with Crippen molar-refractivity contribution in [2.24, 2.45) is 0 Å². The zero-order valence-corrected chi connectivity index (χ0v) is 16.4. The number of halogens is 4. The van der Waals surface area contributed by atoms with Gasteiger partial charge in [0.15, 0.2) is 15.0 Å². The monoisotopic (exact) mass is 455 g/mol. The predicted molar refractivity (Wildman–Crippen MR) is 94.5 cm³/mol. The third-order valence-corrected chi connectivity index (χ3v) is 5.47. The molecule has 2 amide bonds. The number of urea groups is 1. The van der Waals surface area contributed by atoms with Crippen LogP contribution in [-0.2, 0) is 19.4 Å².